The molecule has 0 spiro atoms. The van der Waals surface area contributed by atoms with Crippen molar-refractivity contribution in [2.75, 3.05) is 0 Å². The van der Waals surface area contributed by atoms with Crippen LogP contribution >= 0.6 is 0 Å². The first-order valence-electron chi connectivity index (χ1n) is 8.73. The van der Waals surface area contributed by atoms with Crippen molar-refractivity contribution in [2.45, 2.75) is 65.6 Å². The molecule has 132 valence electrons. The Morgan fingerprint density at radius 2 is 1.33 bits per heavy atom. The van der Waals surface area contributed by atoms with E-state index in [1.165, 1.54) is 11.1 Å². The first-order chi connectivity index (χ1) is 11.3. The van der Waals surface area contributed by atoms with E-state index in [-0.39, 0.29) is 18.6 Å². The van der Waals surface area contributed by atoms with Gasteiger partial charge in [-0.15, -0.1) is 0 Å². The van der Waals surface area contributed by atoms with Crippen LogP contribution < -0.4 is 0 Å². The lowest BCUT2D eigenvalue weighted by molar-refractivity contribution is 0.278. The molecule has 0 fully saturated rings. The Kier molecular flexibility index (Phi) is 8.17. The Labute approximate surface area is 147 Å². The average Bonchev–Trinajstić information content (AvgIpc) is 2.60. The fourth-order valence-electron chi connectivity index (χ4n) is 2.77. The summed E-state index contributed by atoms with van der Waals surface area (Å²) >= 11 is 0. The van der Waals surface area contributed by atoms with E-state index in [1.807, 2.05) is 36.4 Å². The summed E-state index contributed by atoms with van der Waals surface area (Å²) in [6.45, 7) is 11.1. The summed E-state index contributed by atoms with van der Waals surface area (Å²) in [6, 6.07) is 16.1. The van der Waals surface area contributed by atoms with Crippen LogP contribution in [0.1, 0.15) is 69.2 Å². The van der Waals surface area contributed by atoms with Crippen LogP contribution in [-0.4, -0.2) is 10.2 Å². The zero-order valence-corrected chi connectivity index (χ0v) is 15.7. The molecule has 0 saturated heterocycles. The van der Waals surface area contributed by atoms with Crippen molar-refractivity contribution in [2.24, 2.45) is 0 Å². The summed E-state index contributed by atoms with van der Waals surface area (Å²) in [7, 11) is 0. The van der Waals surface area contributed by atoms with Crippen molar-refractivity contribution >= 4 is 0 Å². The second-order valence-electron chi connectivity index (χ2n) is 7.23. The van der Waals surface area contributed by atoms with E-state index in [1.54, 1.807) is 0 Å². The Balaban J connectivity index is 0.000000240. The van der Waals surface area contributed by atoms with E-state index in [0.717, 1.165) is 17.5 Å². The molecule has 1 unspecified atom stereocenters. The molecular weight excluding hydrogens is 296 g/mol. The van der Waals surface area contributed by atoms with Crippen LogP contribution in [0.4, 0.5) is 0 Å². The molecule has 2 aromatic carbocycles. The van der Waals surface area contributed by atoms with Crippen LogP contribution in [0.15, 0.2) is 48.5 Å². The molecule has 0 amide bonds. The number of hydrogen-bond donors (Lipinski definition) is 2. The minimum absolute atomic E-state index is 0.124. The number of benzene rings is 2. The largest absolute Gasteiger partial charge is 0.392 e. The SMILES string of the molecule is CC(C)(C)c1ccccc1CO.CCC(C)c1ccccc1CO. The van der Waals surface area contributed by atoms with Gasteiger partial charge in [-0.2, -0.15) is 0 Å². The van der Waals surface area contributed by atoms with Gasteiger partial charge in [-0.25, -0.2) is 0 Å². The predicted octanol–water partition coefficient (Wildman–Crippen LogP) is 5.17. The highest BCUT2D eigenvalue weighted by molar-refractivity contribution is 5.32. The second-order valence-corrected chi connectivity index (χ2v) is 7.23. The molecule has 2 aromatic rings. The highest BCUT2D eigenvalue weighted by Gasteiger charge is 2.16. The van der Waals surface area contributed by atoms with Gasteiger partial charge < -0.3 is 10.2 Å². The monoisotopic (exact) mass is 328 g/mol. The molecule has 1 atom stereocenters. The smallest absolute Gasteiger partial charge is 0.0684 e. The van der Waals surface area contributed by atoms with Crippen molar-refractivity contribution < 1.29 is 10.2 Å². The molecule has 0 aliphatic rings. The maximum absolute atomic E-state index is 9.08. The minimum atomic E-state index is 0.124. The first-order valence-corrected chi connectivity index (χ1v) is 8.73. The zero-order valence-electron chi connectivity index (χ0n) is 15.7. The molecular formula is C22H32O2. The third-order valence-electron chi connectivity index (χ3n) is 4.36. The summed E-state index contributed by atoms with van der Waals surface area (Å²) in [6.07, 6.45) is 1.12. The summed E-state index contributed by atoms with van der Waals surface area (Å²) in [5, 5.41) is 18.1. The summed E-state index contributed by atoms with van der Waals surface area (Å²) in [4.78, 5) is 0. The van der Waals surface area contributed by atoms with E-state index in [2.05, 4.69) is 46.8 Å². The predicted molar refractivity (Wildman–Crippen MR) is 102 cm³/mol. The number of hydrogen-bond acceptors (Lipinski definition) is 2. The zero-order chi connectivity index (χ0) is 18.2. The van der Waals surface area contributed by atoms with Gasteiger partial charge in [-0.05, 0) is 40.0 Å². The van der Waals surface area contributed by atoms with E-state index < -0.39 is 0 Å². The number of aliphatic hydroxyl groups is 2. The highest BCUT2D eigenvalue weighted by atomic mass is 16.3. The van der Waals surface area contributed by atoms with Crippen molar-refractivity contribution in [3.8, 4) is 0 Å². The fourth-order valence-corrected chi connectivity index (χ4v) is 2.77. The molecule has 2 heteroatoms. The Bertz CT molecular complexity index is 611. The van der Waals surface area contributed by atoms with Crippen LogP contribution in [-0.2, 0) is 18.6 Å². The molecule has 0 aromatic heterocycles. The number of aliphatic hydroxyl groups excluding tert-OH is 2. The molecule has 0 aliphatic heterocycles. The van der Waals surface area contributed by atoms with Gasteiger partial charge in [-0.1, -0.05) is 83.1 Å². The molecule has 0 bridgehead atoms. The van der Waals surface area contributed by atoms with Gasteiger partial charge in [0.2, 0.25) is 0 Å². The van der Waals surface area contributed by atoms with Gasteiger partial charge in [0.05, 0.1) is 13.2 Å². The van der Waals surface area contributed by atoms with E-state index in [0.29, 0.717) is 5.92 Å². The van der Waals surface area contributed by atoms with Crippen molar-refractivity contribution in [3.05, 3.63) is 70.8 Å². The fraction of sp³-hybridized carbons (Fsp3) is 0.455. The molecule has 0 heterocycles. The van der Waals surface area contributed by atoms with Gasteiger partial charge in [0.1, 0.15) is 0 Å². The third-order valence-corrected chi connectivity index (χ3v) is 4.36. The molecule has 0 radical (unpaired) electrons. The van der Waals surface area contributed by atoms with E-state index in [4.69, 9.17) is 10.2 Å². The van der Waals surface area contributed by atoms with Crippen molar-refractivity contribution in [1.29, 1.82) is 0 Å². The highest BCUT2D eigenvalue weighted by Crippen LogP contribution is 2.25. The quantitative estimate of drug-likeness (QED) is 0.813. The molecule has 24 heavy (non-hydrogen) atoms. The van der Waals surface area contributed by atoms with Crippen LogP contribution in [0.2, 0.25) is 0 Å². The molecule has 0 saturated carbocycles. The first kappa shape index (κ1) is 20.4. The van der Waals surface area contributed by atoms with Crippen molar-refractivity contribution in [1.82, 2.24) is 0 Å². The third kappa shape index (κ3) is 5.77. The summed E-state index contributed by atoms with van der Waals surface area (Å²) < 4.78 is 0. The van der Waals surface area contributed by atoms with Gasteiger partial charge in [-0.3, -0.25) is 0 Å². The topological polar surface area (TPSA) is 40.5 Å². The lowest BCUT2D eigenvalue weighted by atomic mass is 9.84. The lowest BCUT2D eigenvalue weighted by Crippen LogP contribution is -2.13. The maximum Gasteiger partial charge on any atom is 0.0684 e. The maximum atomic E-state index is 9.08. The molecule has 0 aliphatic carbocycles. The molecule has 2 rings (SSSR count). The Morgan fingerprint density at radius 1 is 0.833 bits per heavy atom. The summed E-state index contributed by atoms with van der Waals surface area (Å²) in [5.41, 5.74) is 4.73. The standard InChI is InChI=1S/2C11H16O/c1-11(2,3)10-7-5-4-6-9(10)8-12;1-3-9(2)11-7-5-4-6-10(11)8-12/h4-7,12H,8H2,1-3H3;4-7,9,12H,3,8H2,1-2H3. The second kappa shape index (κ2) is 9.61. The summed E-state index contributed by atoms with van der Waals surface area (Å²) in [5.74, 6) is 0.549. The van der Waals surface area contributed by atoms with Crippen LogP contribution in [0.25, 0.3) is 0 Å². The van der Waals surface area contributed by atoms with Gasteiger partial charge in [0.25, 0.3) is 0 Å². The normalized spacial score (nSPS) is 12.3. The van der Waals surface area contributed by atoms with Gasteiger partial charge in [0, 0.05) is 0 Å². The Morgan fingerprint density at radius 3 is 1.79 bits per heavy atom. The lowest BCUT2D eigenvalue weighted by Gasteiger charge is -2.21. The minimum Gasteiger partial charge on any atom is -0.392 e. The van der Waals surface area contributed by atoms with Crippen LogP contribution in [0.5, 0.6) is 0 Å². The van der Waals surface area contributed by atoms with Crippen molar-refractivity contribution in [3.63, 3.8) is 0 Å². The van der Waals surface area contributed by atoms with E-state index >= 15 is 0 Å². The van der Waals surface area contributed by atoms with E-state index in [9.17, 15) is 0 Å². The molecule has 2 N–H and O–H groups in total. The van der Waals surface area contributed by atoms with Gasteiger partial charge >= 0.3 is 0 Å². The molecule has 2 nitrogen and oxygen atoms in total. The van der Waals surface area contributed by atoms with Crippen LogP contribution in [0, 0.1) is 0 Å². The number of rotatable bonds is 4. The van der Waals surface area contributed by atoms with Gasteiger partial charge in [0.15, 0.2) is 0 Å². The van der Waals surface area contributed by atoms with Crippen LogP contribution in [0.3, 0.4) is 0 Å². The Hall–Kier alpha value is -1.64. The average molecular weight is 328 g/mol.